The van der Waals surface area contributed by atoms with Crippen molar-refractivity contribution in [3.8, 4) is 28.4 Å². The van der Waals surface area contributed by atoms with E-state index in [1.807, 2.05) is 0 Å². The van der Waals surface area contributed by atoms with Gasteiger partial charge < -0.3 is 44.5 Å². The van der Waals surface area contributed by atoms with Crippen LogP contribution in [0.4, 0.5) is 0 Å². The van der Waals surface area contributed by atoms with Crippen molar-refractivity contribution in [3.63, 3.8) is 0 Å². The van der Waals surface area contributed by atoms with Crippen molar-refractivity contribution in [1.29, 1.82) is 5.41 Å². The Morgan fingerprint density at radius 1 is 0.968 bits per heavy atom. The van der Waals surface area contributed by atoms with E-state index in [1.165, 1.54) is 30.5 Å². The molecule has 5 unspecified atom stereocenters. The van der Waals surface area contributed by atoms with Gasteiger partial charge in [-0.15, -0.1) is 0 Å². The lowest BCUT2D eigenvalue weighted by molar-refractivity contribution is -0.277. The summed E-state index contributed by atoms with van der Waals surface area (Å²) in [5.74, 6) is -0.243. The molecule has 0 spiro atoms. The van der Waals surface area contributed by atoms with E-state index >= 15 is 0 Å². The van der Waals surface area contributed by atoms with Gasteiger partial charge in [0.15, 0.2) is 0 Å². The summed E-state index contributed by atoms with van der Waals surface area (Å²) >= 11 is 0. The Kier molecular flexibility index (Phi) is 5.56. The largest absolute Gasteiger partial charge is 0.508 e. The molecule has 0 radical (unpaired) electrons. The molecule has 1 aromatic heterocycles. The SMILES string of the molecule is N=c1c(-c2ccc(O)cc2)coc2cc(OC3OC(CO)C(O)C(O)C3O)cc(O)c12. The molecule has 31 heavy (non-hydrogen) atoms. The Morgan fingerprint density at radius 3 is 2.35 bits per heavy atom. The summed E-state index contributed by atoms with van der Waals surface area (Å²) in [6, 6.07) is 8.72. The first-order valence-corrected chi connectivity index (χ1v) is 9.40. The average molecular weight is 431 g/mol. The molecule has 7 N–H and O–H groups in total. The molecule has 1 saturated heterocycles. The van der Waals surface area contributed by atoms with Gasteiger partial charge in [-0.25, -0.2) is 0 Å². The van der Waals surface area contributed by atoms with Crippen molar-refractivity contribution in [2.45, 2.75) is 30.7 Å². The number of aromatic hydroxyl groups is 2. The van der Waals surface area contributed by atoms with Crippen LogP contribution >= 0.6 is 0 Å². The van der Waals surface area contributed by atoms with Crippen LogP contribution in [0.5, 0.6) is 17.2 Å². The molecule has 1 fully saturated rings. The molecular weight excluding hydrogens is 410 g/mol. The number of aliphatic hydroxyl groups excluding tert-OH is 4. The van der Waals surface area contributed by atoms with E-state index in [1.54, 1.807) is 12.1 Å². The zero-order valence-electron chi connectivity index (χ0n) is 16.0. The number of fused-ring (bicyclic) bond motifs is 1. The van der Waals surface area contributed by atoms with Crippen LogP contribution in [-0.2, 0) is 4.74 Å². The van der Waals surface area contributed by atoms with Gasteiger partial charge >= 0.3 is 0 Å². The van der Waals surface area contributed by atoms with Crippen LogP contribution in [-0.4, -0.2) is 68.0 Å². The first kappa shape index (κ1) is 21.1. The number of phenols is 2. The van der Waals surface area contributed by atoms with Crippen LogP contribution in [0.3, 0.4) is 0 Å². The van der Waals surface area contributed by atoms with Gasteiger partial charge in [0, 0.05) is 17.7 Å². The number of phenolic OH excluding ortho intramolecular Hbond substituents is 2. The maximum Gasteiger partial charge on any atom is 0.229 e. The van der Waals surface area contributed by atoms with Gasteiger partial charge in [-0.1, -0.05) is 12.1 Å². The van der Waals surface area contributed by atoms with E-state index in [0.29, 0.717) is 11.1 Å². The highest BCUT2D eigenvalue weighted by molar-refractivity contribution is 5.87. The molecule has 2 heterocycles. The third kappa shape index (κ3) is 3.82. The van der Waals surface area contributed by atoms with Crippen LogP contribution in [0.2, 0.25) is 0 Å². The lowest BCUT2D eigenvalue weighted by atomic mass is 9.99. The van der Waals surface area contributed by atoms with Crippen molar-refractivity contribution < 1.29 is 44.5 Å². The Bertz CT molecular complexity index is 1140. The van der Waals surface area contributed by atoms with Crippen LogP contribution < -0.4 is 10.1 Å². The van der Waals surface area contributed by atoms with Crippen LogP contribution in [0.25, 0.3) is 22.1 Å². The normalized spacial score (nSPS) is 26.1. The van der Waals surface area contributed by atoms with E-state index in [0.717, 1.165) is 0 Å². The van der Waals surface area contributed by atoms with Gasteiger partial charge in [-0.2, -0.15) is 0 Å². The second-order valence-electron chi connectivity index (χ2n) is 7.20. The lowest BCUT2D eigenvalue weighted by Gasteiger charge is -2.39. The Hall–Kier alpha value is -3.15. The van der Waals surface area contributed by atoms with Crippen molar-refractivity contribution in [3.05, 3.63) is 48.0 Å². The average Bonchev–Trinajstić information content (AvgIpc) is 2.75. The molecule has 10 nitrogen and oxygen atoms in total. The van der Waals surface area contributed by atoms with Gasteiger partial charge in [0.25, 0.3) is 0 Å². The maximum atomic E-state index is 10.5. The second kappa shape index (κ2) is 8.17. The summed E-state index contributed by atoms with van der Waals surface area (Å²) in [5, 5.41) is 67.6. The van der Waals surface area contributed by atoms with Gasteiger partial charge in [0.05, 0.1) is 17.4 Å². The summed E-state index contributed by atoms with van der Waals surface area (Å²) in [6.07, 6.45) is -6.00. The number of rotatable bonds is 4. The third-order valence-corrected chi connectivity index (χ3v) is 5.16. The second-order valence-corrected chi connectivity index (χ2v) is 7.20. The molecule has 1 aliphatic rings. The fraction of sp³-hybridized carbons (Fsp3) is 0.286. The number of nitrogens with one attached hydrogen (secondary N) is 1. The van der Waals surface area contributed by atoms with E-state index in [4.69, 9.17) is 19.3 Å². The first-order valence-electron chi connectivity index (χ1n) is 9.40. The fourth-order valence-electron chi connectivity index (χ4n) is 3.46. The molecule has 1 aliphatic heterocycles. The summed E-state index contributed by atoms with van der Waals surface area (Å²) in [4.78, 5) is 0. The smallest absolute Gasteiger partial charge is 0.229 e. The van der Waals surface area contributed by atoms with Gasteiger partial charge in [0.1, 0.15) is 53.5 Å². The molecule has 2 aromatic carbocycles. The Balaban J connectivity index is 1.68. The van der Waals surface area contributed by atoms with Crippen molar-refractivity contribution in [2.75, 3.05) is 6.61 Å². The molecule has 10 heteroatoms. The van der Waals surface area contributed by atoms with Crippen molar-refractivity contribution in [2.24, 2.45) is 0 Å². The van der Waals surface area contributed by atoms with E-state index in [9.17, 15) is 30.6 Å². The van der Waals surface area contributed by atoms with Gasteiger partial charge in [-0.05, 0) is 17.7 Å². The minimum atomic E-state index is -1.61. The molecule has 0 bridgehead atoms. The Labute approximate surface area is 175 Å². The Morgan fingerprint density at radius 2 is 1.68 bits per heavy atom. The van der Waals surface area contributed by atoms with E-state index in [2.05, 4.69) is 0 Å². The van der Waals surface area contributed by atoms with Crippen molar-refractivity contribution in [1.82, 2.24) is 0 Å². The molecule has 3 aromatic rings. The summed E-state index contributed by atoms with van der Waals surface area (Å²) < 4.78 is 16.4. The number of ether oxygens (including phenoxy) is 2. The molecule has 4 rings (SSSR count). The van der Waals surface area contributed by atoms with Gasteiger partial charge in [-0.3, -0.25) is 5.41 Å². The molecule has 5 atom stereocenters. The summed E-state index contributed by atoms with van der Waals surface area (Å²) in [5.41, 5.74) is 1.12. The summed E-state index contributed by atoms with van der Waals surface area (Å²) in [7, 11) is 0. The van der Waals surface area contributed by atoms with E-state index < -0.39 is 37.3 Å². The summed E-state index contributed by atoms with van der Waals surface area (Å²) in [6.45, 7) is -0.606. The number of aliphatic hydroxyl groups is 4. The highest BCUT2D eigenvalue weighted by Crippen LogP contribution is 2.32. The first-order chi connectivity index (χ1) is 14.8. The zero-order valence-corrected chi connectivity index (χ0v) is 16.0. The monoisotopic (exact) mass is 431 g/mol. The van der Waals surface area contributed by atoms with Crippen LogP contribution in [0.1, 0.15) is 0 Å². The quantitative estimate of drug-likeness (QED) is 0.303. The topological polar surface area (TPSA) is 177 Å². The lowest BCUT2D eigenvalue weighted by Crippen LogP contribution is -2.60. The standard InChI is InChI=1S/C21H21NO9/c22-17-12(9-1-3-10(24)4-2-9)8-29-14-6-11(5-13(25)16(14)17)30-21-20(28)19(27)18(26)15(7-23)31-21/h1-6,8,15,18-28H,7H2. The number of hydrogen-bond donors (Lipinski definition) is 7. The minimum Gasteiger partial charge on any atom is -0.508 e. The maximum absolute atomic E-state index is 10.5. The highest BCUT2D eigenvalue weighted by atomic mass is 16.7. The van der Waals surface area contributed by atoms with Crippen LogP contribution in [0, 0.1) is 5.41 Å². The minimum absolute atomic E-state index is 0.00913. The molecule has 164 valence electrons. The third-order valence-electron chi connectivity index (χ3n) is 5.16. The molecule has 0 aliphatic carbocycles. The highest BCUT2D eigenvalue weighted by Gasteiger charge is 2.44. The van der Waals surface area contributed by atoms with Crippen LogP contribution in [0.15, 0.2) is 47.1 Å². The molecule has 0 amide bonds. The molecular formula is C21H21NO9. The predicted molar refractivity (Wildman–Crippen MR) is 105 cm³/mol. The van der Waals surface area contributed by atoms with Crippen molar-refractivity contribution >= 4 is 11.0 Å². The number of benzene rings is 2. The number of hydrogen-bond acceptors (Lipinski definition) is 10. The zero-order chi connectivity index (χ0) is 22.3. The van der Waals surface area contributed by atoms with Gasteiger partial charge in [0.2, 0.25) is 6.29 Å². The van der Waals surface area contributed by atoms with E-state index in [-0.39, 0.29) is 33.6 Å². The fourth-order valence-corrected chi connectivity index (χ4v) is 3.46. The predicted octanol–water partition coefficient (Wildman–Crippen LogP) is 0.169. The molecule has 0 saturated carbocycles.